The van der Waals surface area contributed by atoms with Crippen molar-refractivity contribution in [1.29, 1.82) is 0 Å². The molecule has 1 aromatic rings. The Labute approximate surface area is 107 Å². The number of benzene rings is 1. The molecule has 0 radical (unpaired) electrons. The van der Waals surface area contributed by atoms with Crippen molar-refractivity contribution in [2.24, 2.45) is 0 Å². The molecule has 7 heteroatoms. The van der Waals surface area contributed by atoms with Crippen molar-refractivity contribution in [3.63, 3.8) is 0 Å². The zero-order chi connectivity index (χ0) is 13.3. The highest BCUT2D eigenvalue weighted by atomic mass is 32.1. The zero-order valence-electron chi connectivity index (χ0n) is 8.93. The van der Waals surface area contributed by atoms with Crippen LogP contribution in [0.25, 0.3) is 6.08 Å². The van der Waals surface area contributed by atoms with Crippen LogP contribution in [0.2, 0.25) is 0 Å². The molecule has 2 amide bonds. The van der Waals surface area contributed by atoms with Crippen LogP contribution in [0.15, 0.2) is 23.8 Å². The quantitative estimate of drug-likeness (QED) is 0.248. The molecule has 1 heterocycles. The number of phenolic OH excluding ortho intramolecular Hbond substituents is 2. The molecule has 0 saturated carbocycles. The third kappa shape index (κ3) is 2.30. The molecular formula is C11H8N2O4S. The minimum atomic E-state index is -0.615. The molecule has 0 atom stereocenters. The summed E-state index contributed by atoms with van der Waals surface area (Å²) in [5.74, 6) is -1.85. The number of hydrogen-bond acceptors (Lipinski definition) is 5. The lowest BCUT2D eigenvalue weighted by Gasteiger charge is -2.16. The van der Waals surface area contributed by atoms with Crippen molar-refractivity contribution in [3.8, 4) is 11.5 Å². The van der Waals surface area contributed by atoms with Gasteiger partial charge in [0.15, 0.2) is 16.6 Å². The number of aromatic hydroxyl groups is 2. The molecule has 1 aromatic carbocycles. The smallest absolute Gasteiger partial charge is 0.263 e. The van der Waals surface area contributed by atoms with Crippen molar-refractivity contribution < 1.29 is 19.8 Å². The summed E-state index contributed by atoms with van der Waals surface area (Å²) in [5, 5.41) is 23.0. The lowest BCUT2D eigenvalue weighted by atomic mass is 10.1. The van der Waals surface area contributed by atoms with E-state index < -0.39 is 11.8 Å². The van der Waals surface area contributed by atoms with Crippen molar-refractivity contribution in [3.05, 3.63) is 29.3 Å². The molecule has 0 aromatic heterocycles. The Balaban J connectivity index is 2.37. The van der Waals surface area contributed by atoms with Crippen LogP contribution in [0, 0.1) is 0 Å². The van der Waals surface area contributed by atoms with E-state index in [4.69, 9.17) is 5.11 Å². The first-order chi connectivity index (χ1) is 8.47. The highest BCUT2D eigenvalue weighted by Crippen LogP contribution is 2.26. The van der Waals surface area contributed by atoms with E-state index in [0.717, 1.165) is 0 Å². The molecule has 0 aliphatic carbocycles. The van der Waals surface area contributed by atoms with Crippen LogP contribution in [-0.4, -0.2) is 27.1 Å². The Morgan fingerprint density at radius 1 is 1.06 bits per heavy atom. The minimum Gasteiger partial charge on any atom is -0.504 e. The van der Waals surface area contributed by atoms with Gasteiger partial charge < -0.3 is 10.2 Å². The normalized spacial score (nSPS) is 15.1. The van der Waals surface area contributed by atoms with Crippen molar-refractivity contribution in [1.82, 2.24) is 10.6 Å². The Kier molecular flexibility index (Phi) is 2.99. The fourth-order valence-corrected chi connectivity index (χ4v) is 1.59. The molecule has 1 fully saturated rings. The second kappa shape index (κ2) is 4.46. The van der Waals surface area contributed by atoms with Crippen LogP contribution in [0.1, 0.15) is 5.56 Å². The standard InChI is InChI=1S/C11H8N2O4S/c14-7-2-1-5(4-8(7)15)3-6-9(16)12-11(18)13-10(6)17/h1-4,14-15H,(H2,12,13,16,17,18). The van der Waals surface area contributed by atoms with Gasteiger partial charge in [-0.05, 0) is 36.0 Å². The van der Waals surface area contributed by atoms with E-state index >= 15 is 0 Å². The number of phenols is 2. The minimum absolute atomic E-state index is 0.0456. The van der Waals surface area contributed by atoms with Gasteiger partial charge in [-0.2, -0.15) is 0 Å². The first-order valence-corrected chi connectivity index (χ1v) is 5.28. The monoisotopic (exact) mass is 264 g/mol. The maximum absolute atomic E-state index is 11.5. The summed E-state index contributed by atoms with van der Waals surface area (Å²) in [7, 11) is 0. The zero-order valence-corrected chi connectivity index (χ0v) is 9.75. The van der Waals surface area contributed by atoms with E-state index in [-0.39, 0.29) is 22.2 Å². The van der Waals surface area contributed by atoms with Crippen LogP contribution in [0.5, 0.6) is 11.5 Å². The summed E-state index contributed by atoms with van der Waals surface area (Å²) in [6.45, 7) is 0. The SMILES string of the molecule is O=C1NC(=S)NC(=O)C1=Cc1ccc(O)c(O)c1. The predicted octanol–water partition coefficient (Wildman–Crippen LogP) is 0.0121. The highest BCUT2D eigenvalue weighted by Gasteiger charge is 2.25. The topological polar surface area (TPSA) is 98.7 Å². The Hall–Kier alpha value is -2.41. The Morgan fingerprint density at radius 3 is 2.22 bits per heavy atom. The van der Waals surface area contributed by atoms with Crippen LogP contribution in [0.3, 0.4) is 0 Å². The average molecular weight is 264 g/mol. The molecule has 6 nitrogen and oxygen atoms in total. The van der Waals surface area contributed by atoms with E-state index in [0.29, 0.717) is 5.56 Å². The van der Waals surface area contributed by atoms with Gasteiger partial charge in [0.05, 0.1) is 0 Å². The van der Waals surface area contributed by atoms with Crippen LogP contribution in [0.4, 0.5) is 0 Å². The number of carbonyl (C=O) groups excluding carboxylic acids is 2. The molecule has 1 saturated heterocycles. The Bertz CT molecular complexity index is 573. The number of amides is 2. The molecule has 1 aliphatic heterocycles. The van der Waals surface area contributed by atoms with Gasteiger partial charge in [0.25, 0.3) is 11.8 Å². The van der Waals surface area contributed by atoms with E-state index in [1.165, 1.54) is 24.3 Å². The van der Waals surface area contributed by atoms with E-state index in [9.17, 15) is 14.7 Å². The third-order valence-electron chi connectivity index (χ3n) is 2.25. The summed E-state index contributed by atoms with van der Waals surface area (Å²) < 4.78 is 0. The van der Waals surface area contributed by atoms with Crippen molar-refractivity contribution in [2.75, 3.05) is 0 Å². The summed E-state index contributed by atoms with van der Waals surface area (Å²) in [4.78, 5) is 23.1. The van der Waals surface area contributed by atoms with Crippen LogP contribution >= 0.6 is 12.2 Å². The second-order valence-electron chi connectivity index (χ2n) is 3.54. The van der Waals surface area contributed by atoms with Gasteiger partial charge in [-0.25, -0.2) is 0 Å². The van der Waals surface area contributed by atoms with E-state index in [1.807, 2.05) is 0 Å². The first-order valence-electron chi connectivity index (χ1n) is 4.87. The summed E-state index contributed by atoms with van der Waals surface area (Å²) in [6.07, 6.45) is 1.28. The fraction of sp³-hybridized carbons (Fsp3) is 0. The predicted molar refractivity (Wildman–Crippen MR) is 66.6 cm³/mol. The summed E-state index contributed by atoms with van der Waals surface area (Å²) in [5.41, 5.74) is 0.270. The highest BCUT2D eigenvalue weighted by molar-refractivity contribution is 7.80. The number of carbonyl (C=O) groups is 2. The fourth-order valence-electron chi connectivity index (χ4n) is 1.40. The van der Waals surface area contributed by atoms with Gasteiger partial charge in [-0.1, -0.05) is 6.07 Å². The molecule has 0 unspecified atom stereocenters. The number of thiocarbonyl (C=S) groups is 1. The van der Waals surface area contributed by atoms with Gasteiger partial charge >= 0.3 is 0 Å². The van der Waals surface area contributed by atoms with Gasteiger partial charge in [-0.3, -0.25) is 20.2 Å². The molecule has 2 rings (SSSR count). The maximum atomic E-state index is 11.5. The van der Waals surface area contributed by atoms with Gasteiger partial charge in [-0.15, -0.1) is 0 Å². The summed E-state index contributed by atoms with van der Waals surface area (Å²) >= 11 is 4.65. The van der Waals surface area contributed by atoms with Crippen molar-refractivity contribution in [2.45, 2.75) is 0 Å². The lowest BCUT2D eigenvalue weighted by Crippen LogP contribution is -2.51. The second-order valence-corrected chi connectivity index (χ2v) is 3.95. The lowest BCUT2D eigenvalue weighted by molar-refractivity contribution is -0.123. The third-order valence-corrected chi connectivity index (χ3v) is 2.46. The van der Waals surface area contributed by atoms with Crippen molar-refractivity contribution >= 4 is 35.2 Å². The molecule has 0 spiro atoms. The van der Waals surface area contributed by atoms with Gasteiger partial charge in [0.1, 0.15) is 5.57 Å². The largest absolute Gasteiger partial charge is 0.504 e. The molecular weight excluding hydrogens is 256 g/mol. The van der Waals surface area contributed by atoms with Gasteiger partial charge in [0.2, 0.25) is 0 Å². The van der Waals surface area contributed by atoms with E-state index in [1.54, 1.807) is 0 Å². The molecule has 18 heavy (non-hydrogen) atoms. The molecule has 4 N–H and O–H groups in total. The number of hydrogen-bond donors (Lipinski definition) is 4. The molecule has 0 bridgehead atoms. The number of nitrogens with one attached hydrogen (secondary N) is 2. The van der Waals surface area contributed by atoms with Crippen LogP contribution in [-0.2, 0) is 9.59 Å². The number of rotatable bonds is 1. The average Bonchev–Trinajstić information content (AvgIpc) is 2.28. The molecule has 92 valence electrons. The molecule has 1 aliphatic rings. The van der Waals surface area contributed by atoms with Gasteiger partial charge in [0, 0.05) is 0 Å². The first kappa shape index (κ1) is 12.1. The van der Waals surface area contributed by atoms with E-state index in [2.05, 4.69) is 22.9 Å². The summed E-state index contributed by atoms with van der Waals surface area (Å²) in [6, 6.07) is 3.94. The van der Waals surface area contributed by atoms with Crippen LogP contribution < -0.4 is 10.6 Å². The maximum Gasteiger partial charge on any atom is 0.263 e. The Morgan fingerprint density at radius 2 is 1.67 bits per heavy atom.